The van der Waals surface area contributed by atoms with Gasteiger partial charge in [-0.25, -0.2) is 4.99 Å². The highest BCUT2D eigenvalue weighted by atomic mass is 19.4. The molecule has 0 amide bonds. The summed E-state index contributed by atoms with van der Waals surface area (Å²) in [4.78, 5) is 4.34. The Balaban J connectivity index is 2.62. The third kappa shape index (κ3) is 7.02. The van der Waals surface area contributed by atoms with E-state index in [2.05, 4.69) is 22.5 Å². The molecule has 0 bridgehead atoms. The predicted molar refractivity (Wildman–Crippen MR) is 79.3 cm³/mol. The average molecular weight is 301 g/mol. The van der Waals surface area contributed by atoms with Crippen molar-refractivity contribution in [3.8, 4) is 0 Å². The van der Waals surface area contributed by atoms with E-state index in [1.807, 2.05) is 31.2 Å². The van der Waals surface area contributed by atoms with E-state index in [1.165, 1.54) is 5.56 Å². The number of guanidine groups is 1. The van der Waals surface area contributed by atoms with Gasteiger partial charge in [0.15, 0.2) is 5.96 Å². The summed E-state index contributed by atoms with van der Waals surface area (Å²) in [5.41, 5.74) is 2.29. The summed E-state index contributed by atoms with van der Waals surface area (Å²) in [6, 6.07) is 7.93. The van der Waals surface area contributed by atoms with Crippen molar-refractivity contribution in [2.24, 2.45) is 4.99 Å². The van der Waals surface area contributed by atoms with Crippen LogP contribution < -0.4 is 10.6 Å². The van der Waals surface area contributed by atoms with E-state index in [-0.39, 0.29) is 6.54 Å². The van der Waals surface area contributed by atoms with Crippen LogP contribution in [0, 0.1) is 0 Å². The fourth-order valence-corrected chi connectivity index (χ4v) is 1.89. The van der Waals surface area contributed by atoms with Crippen LogP contribution in [0.15, 0.2) is 29.3 Å². The third-order valence-corrected chi connectivity index (χ3v) is 2.95. The summed E-state index contributed by atoms with van der Waals surface area (Å²) in [6.07, 6.45) is -4.12. The van der Waals surface area contributed by atoms with Gasteiger partial charge in [-0.2, -0.15) is 13.2 Å². The molecule has 1 aromatic rings. The highest BCUT2D eigenvalue weighted by Gasteiger charge is 2.26. The van der Waals surface area contributed by atoms with Gasteiger partial charge in [-0.1, -0.05) is 31.2 Å². The fraction of sp³-hybridized carbons (Fsp3) is 0.533. The van der Waals surface area contributed by atoms with E-state index in [0.29, 0.717) is 19.0 Å². The smallest absolute Gasteiger partial charge is 0.357 e. The number of hydrogen-bond donors (Lipinski definition) is 2. The summed E-state index contributed by atoms with van der Waals surface area (Å²) in [5, 5.41) is 5.65. The largest absolute Gasteiger partial charge is 0.390 e. The summed E-state index contributed by atoms with van der Waals surface area (Å²) >= 11 is 0. The molecule has 0 saturated carbocycles. The van der Waals surface area contributed by atoms with Crippen LogP contribution in [-0.2, 0) is 13.0 Å². The molecule has 6 heteroatoms. The van der Waals surface area contributed by atoms with Gasteiger partial charge in [-0.3, -0.25) is 0 Å². The van der Waals surface area contributed by atoms with Crippen LogP contribution in [0.25, 0.3) is 0 Å². The van der Waals surface area contributed by atoms with E-state index in [0.717, 1.165) is 12.0 Å². The minimum absolute atomic E-state index is 0.176. The minimum atomic E-state index is -4.15. The first-order valence-electron chi connectivity index (χ1n) is 7.12. The maximum atomic E-state index is 12.1. The van der Waals surface area contributed by atoms with E-state index in [1.54, 1.807) is 0 Å². The first-order valence-corrected chi connectivity index (χ1v) is 7.12. The third-order valence-electron chi connectivity index (χ3n) is 2.95. The van der Waals surface area contributed by atoms with Gasteiger partial charge in [0.1, 0.15) is 0 Å². The number of nitrogens with zero attached hydrogens (tertiary/aromatic N) is 1. The fourth-order valence-electron chi connectivity index (χ4n) is 1.89. The van der Waals surface area contributed by atoms with E-state index in [9.17, 15) is 13.2 Å². The van der Waals surface area contributed by atoms with Crippen LogP contribution in [-0.4, -0.2) is 25.2 Å². The van der Waals surface area contributed by atoms with Crippen LogP contribution in [0.4, 0.5) is 13.2 Å². The number of aliphatic imine (C=N–C) groups is 1. The van der Waals surface area contributed by atoms with Crippen molar-refractivity contribution in [2.45, 2.75) is 39.4 Å². The molecular weight excluding hydrogens is 279 g/mol. The number of rotatable bonds is 6. The lowest BCUT2D eigenvalue weighted by Gasteiger charge is -2.13. The van der Waals surface area contributed by atoms with Crippen molar-refractivity contribution in [1.82, 2.24) is 10.6 Å². The quantitative estimate of drug-likeness (QED) is 0.625. The van der Waals surface area contributed by atoms with Gasteiger partial charge in [0.2, 0.25) is 0 Å². The molecule has 0 fully saturated rings. The molecule has 0 aliphatic heterocycles. The Morgan fingerprint density at radius 1 is 1.10 bits per heavy atom. The molecule has 0 aliphatic rings. The highest BCUT2D eigenvalue weighted by molar-refractivity contribution is 5.79. The lowest BCUT2D eigenvalue weighted by atomic mass is 10.1. The number of halogens is 3. The van der Waals surface area contributed by atoms with Gasteiger partial charge in [-0.05, 0) is 24.5 Å². The normalized spacial score (nSPS) is 12.3. The van der Waals surface area contributed by atoms with Gasteiger partial charge in [0.05, 0.1) is 13.0 Å². The van der Waals surface area contributed by atoms with Crippen molar-refractivity contribution in [3.05, 3.63) is 35.4 Å². The van der Waals surface area contributed by atoms with Gasteiger partial charge in [0, 0.05) is 13.1 Å². The second kappa shape index (κ2) is 8.54. The Bertz CT molecular complexity index is 456. The highest BCUT2D eigenvalue weighted by Crippen LogP contribution is 2.18. The monoisotopic (exact) mass is 301 g/mol. The van der Waals surface area contributed by atoms with Crippen LogP contribution >= 0.6 is 0 Å². The van der Waals surface area contributed by atoms with Gasteiger partial charge in [0.25, 0.3) is 0 Å². The number of alkyl halides is 3. The Hall–Kier alpha value is -1.72. The summed E-state index contributed by atoms with van der Waals surface area (Å²) in [6.45, 7) is 4.82. The Labute approximate surface area is 123 Å². The van der Waals surface area contributed by atoms with Crippen molar-refractivity contribution in [1.29, 1.82) is 0 Å². The van der Waals surface area contributed by atoms with Crippen molar-refractivity contribution >= 4 is 5.96 Å². The standard InChI is InChI=1S/C15H22F3N3/c1-3-12-7-5-6-8-13(12)11-21-14(19-4-2)20-10-9-15(16,17)18/h5-8H,3-4,9-11H2,1-2H3,(H2,19,20,21). The lowest BCUT2D eigenvalue weighted by Crippen LogP contribution is -2.38. The molecule has 118 valence electrons. The molecule has 1 aromatic carbocycles. The molecule has 3 nitrogen and oxygen atoms in total. The van der Waals surface area contributed by atoms with Crippen LogP contribution in [0.5, 0.6) is 0 Å². The molecule has 0 aromatic heterocycles. The first kappa shape index (κ1) is 17.3. The summed E-state index contributed by atoms with van der Waals surface area (Å²) < 4.78 is 36.4. The molecule has 1 rings (SSSR count). The first-order chi connectivity index (χ1) is 9.96. The summed E-state index contributed by atoms with van der Waals surface area (Å²) in [5.74, 6) is 0.410. The molecule has 0 aliphatic carbocycles. The second-order valence-electron chi connectivity index (χ2n) is 4.61. The zero-order valence-corrected chi connectivity index (χ0v) is 12.4. The second-order valence-corrected chi connectivity index (χ2v) is 4.61. The van der Waals surface area contributed by atoms with Crippen LogP contribution in [0.2, 0.25) is 0 Å². The predicted octanol–water partition coefficient (Wildman–Crippen LogP) is 3.26. The summed E-state index contributed by atoms with van der Waals surface area (Å²) in [7, 11) is 0. The zero-order valence-electron chi connectivity index (χ0n) is 12.4. The number of nitrogens with one attached hydrogen (secondary N) is 2. The number of aryl methyl sites for hydroxylation is 1. The van der Waals surface area contributed by atoms with E-state index >= 15 is 0 Å². The average Bonchev–Trinajstić information content (AvgIpc) is 2.43. The maximum Gasteiger partial charge on any atom is 0.390 e. The molecule has 0 atom stereocenters. The van der Waals surface area contributed by atoms with Crippen LogP contribution in [0.3, 0.4) is 0 Å². The Morgan fingerprint density at radius 2 is 1.76 bits per heavy atom. The molecule has 0 heterocycles. The minimum Gasteiger partial charge on any atom is -0.357 e. The number of benzene rings is 1. The number of hydrogen-bond acceptors (Lipinski definition) is 1. The van der Waals surface area contributed by atoms with Gasteiger partial charge >= 0.3 is 6.18 Å². The molecule has 21 heavy (non-hydrogen) atoms. The maximum absolute atomic E-state index is 12.1. The Kier molecular flexibility index (Phi) is 7.05. The molecule has 0 saturated heterocycles. The van der Waals surface area contributed by atoms with Gasteiger partial charge in [-0.15, -0.1) is 0 Å². The SMILES string of the molecule is CCNC(=NCc1ccccc1CC)NCCC(F)(F)F. The molecule has 0 unspecified atom stereocenters. The van der Waals surface area contributed by atoms with E-state index in [4.69, 9.17) is 0 Å². The van der Waals surface area contributed by atoms with E-state index < -0.39 is 12.6 Å². The van der Waals surface area contributed by atoms with Crippen molar-refractivity contribution in [3.63, 3.8) is 0 Å². The molecular formula is C15H22F3N3. The van der Waals surface area contributed by atoms with Crippen LogP contribution in [0.1, 0.15) is 31.4 Å². The molecule has 0 spiro atoms. The van der Waals surface area contributed by atoms with Crippen molar-refractivity contribution in [2.75, 3.05) is 13.1 Å². The Morgan fingerprint density at radius 3 is 2.33 bits per heavy atom. The van der Waals surface area contributed by atoms with Crippen molar-refractivity contribution < 1.29 is 13.2 Å². The lowest BCUT2D eigenvalue weighted by molar-refractivity contribution is -0.132. The molecule has 2 N–H and O–H groups in total. The zero-order chi connectivity index (χ0) is 15.7. The topological polar surface area (TPSA) is 36.4 Å². The molecule has 0 radical (unpaired) electrons. The van der Waals surface area contributed by atoms with Gasteiger partial charge < -0.3 is 10.6 Å².